The third-order valence-corrected chi connectivity index (χ3v) is 5.08. The van der Waals surface area contributed by atoms with E-state index in [1.165, 1.54) is 13.1 Å². The Bertz CT molecular complexity index is 975. The van der Waals surface area contributed by atoms with Crippen LogP contribution < -0.4 is 0 Å². The van der Waals surface area contributed by atoms with Crippen molar-refractivity contribution in [1.29, 1.82) is 0 Å². The number of nitrogens with one attached hydrogen (secondary N) is 1. The average Bonchev–Trinajstić information content (AvgIpc) is 3.30. The highest BCUT2D eigenvalue weighted by atomic mass is 19.4. The van der Waals surface area contributed by atoms with Crippen LogP contribution in [0.3, 0.4) is 0 Å². The van der Waals surface area contributed by atoms with Crippen molar-refractivity contribution in [1.82, 2.24) is 14.9 Å². The summed E-state index contributed by atoms with van der Waals surface area (Å²) in [5.41, 5.74) is -1.81. The van der Waals surface area contributed by atoms with E-state index in [1.54, 1.807) is 24.3 Å². The van der Waals surface area contributed by atoms with E-state index in [4.69, 9.17) is 4.42 Å². The Morgan fingerprint density at radius 3 is 2.81 bits per heavy atom. The first-order valence-corrected chi connectivity index (χ1v) is 8.21. The standard InChI is InChI=1S/C18H16F3N3O2/c1-11-15(23-10-26-11)16(25)24-8-4-7-17(24,18(19,20)21)13-9-22-14-6-3-2-5-12(13)14/h2-3,5-6,9-10,22H,4,7-8H2,1H3. The Morgan fingerprint density at radius 1 is 1.35 bits per heavy atom. The lowest BCUT2D eigenvalue weighted by Crippen LogP contribution is -2.54. The normalized spacial score (nSPS) is 20.8. The van der Waals surface area contributed by atoms with Crippen molar-refractivity contribution in [2.75, 3.05) is 6.54 Å². The third kappa shape index (κ3) is 2.17. The van der Waals surface area contributed by atoms with Crippen molar-refractivity contribution in [2.24, 2.45) is 0 Å². The molecule has 0 aliphatic carbocycles. The molecule has 4 rings (SSSR count). The van der Waals surface area contributed by atoms with Gasteiger partial charge >= 0.3 is 6.18 Å². The molecular formula is C18H16F3N3O2. The summed E-state index contributed by atoms with van der Waals surface area (Å²) < 4.78 is 48.2. The quantitative estimate of drug-likeness (QED) is 0.744. The van der Waals surface area contributed by atoms with Gasteiger partial charge in [0, 0.05) is 29.2 Å². The number of para-hydroxylation sites is 1. The van der Waals surface area contributed by atoms with Gasteiger partial charge in [-0.1, -0.05) is 18.2 Å². The molecule has 5 nitrogen and oxygen atoms in total. The number of carbonyl (C=O) groups excluding carboxylic acids is 1. The summed E-state index contributed by atoms with van der Waals surface area (Å²) in [4.78, 5) is 20.5. The molecular weight excluding hydrogens is 347 g/mol. The van der Waals surface area contributed by atoms with Gasteiger partial charge in [0.25, 0.3) is 5.91 Å². The lowest BCUT2D eigenvalue weighted by Gasteiger charge is -2.39. The van der Waals surface area contributed by atoms with Crippen LogP contribution in [0.1, 0.15) is 34.7 Å². The summed E-state index contributed by atoms with van der Waals surface area (Å²) in [6.45, 7) is 1.52. The highest BCUT2D eigenvalue weighted by Gasteiger charge is 2.64. The van der Waals surface area contributed by atoms with Crippen molar-refractivity contribution in [3.05, 3.63) is 53.9 Å². The maximum atomic E-state index is 14.4. The molecule has 2 aromatic heterocycles. The van der Waals surface area contributed by atoms with E-state index < -0.39 is 17.6 Å². The number of H-pyrrole nitrogens is 1. The van der Waals surface area contributed by atoms with E-state index in [1.807, 2.05) is 0 Å². The first kappa shape index (κ1) is 16.7. The summed E-state index contributed by atoms with van der Waals surface area (Å²) in [5.74, 6) is -0.562. The first-order valence-electron chi connectivity index (χ1n) is 8.21. The van der Waals surface area contributed by atoms with Crippen molar-refractivity contribution >= 4 is 16.8 Å². The molecule has 1 aromatic carbocycles. The van der Waals surface area contributed by atoms with Crippen molar-refractivity contribution in [2.45, 2.75) is 31.5 Å². The molecule has 3 aromatic rings. The molecule has 26 heavy (non-hydrogen) atoms. The lowest BCUT2D eigenvalue weighted by atomic mass is 9.85. The Labute approximate surface area is 146 Å². The van der Waals surface area contributed by atoms with Gasteiger partial charge in [0.2, 0.25) is 0 Å². The molecule has 0 spiro atoms. The number of aromatic nitrogens is 2. The predicted molar refractivity (Wildman–Crippen MR) is 87.5 cm³/mol. The van der Waals surface area contributed by atoms with E-state index in [2.05, 4.69) is 9.97 Å². The minimum absolute atomic E-state index is 0.00412. The topological polar surface area (TPSA) is 62.1 Å². The van der Waals surface area contributed by atoms with Gasteiger partial charge in [-0.25, -0.2) is 4.98 Å². The smallest absolute Gasteiger partial charge is 0.416 e. The average molecular weight is 363 g/mol. The molecule has 0 radical (unpaired) electrons. The molecule has 3 heterocycles. The number of fused-ring (bicyclic) bond motifs is 1. The number of aromatic amines is 1. The second-order valence-corrected chi connectivity index (χ2v) is 6.42. The van der Waals surface area contributed by atoms with Gasteiger partial charge in [0.1, 0.15) is 5.76 Å². The second kappa shape index (κ2) is 5.62. The van der Waals surface area contributed by atoms with E-state index in [-0.39, 0.29) is 36.4 Å². The largest absolute Gasteiger partial charge is 0.448 e. The number of rotatable bonds is 2. The Hall–Kier alpha value is -2.77. The molecule has 1 amide bonds. The maximum absolute atomic E-state index is 14.4. The zero-order valence-electron chi connectivity index (χ0n) is 13.9. The molecule has 1 aliphatic rings. The number of aryl methyl sites for hydroxylation is 1. The number of alkyl halides is 3. The Kier molecular flexibility index (Phi) is 3.61. The predicted octanol–water partition coefficient (Wildman–Crippen LogP) is 4.16. The molecule has 1 fully saturated rings. The van der Waals surface area contributed by atoms with Crippen LogP contribution in [0.15, 0.2) is 41.3 Å². The lowest BCUT2D eigenvalue weighted by molar-refractivity contribution is -0.220. The van der Waals surface area contributed by atoms with Crippen LogP contribution in [0, 0.1) is 6.92 Å². The zero-order chi connectivity index (χ0) is 18.5. The molecule has 1 aliphatic heterocycles. The fourth-order valence-corrected chi connectivity index (χ4v) is 3.87. The molecule has 1 unspecified atom stereocenters. The highest BCUT2D eigenvalue weighted by Crippen LogP contribution is 2.52. The highest BCUT2D eigenvalue weighted by molar-refractivity contribution is 5.95. The molecule has 0 bridgehead atoms. The number of carbonyl (C=O) groups is 1. The number of nitrogens with zero attached hydrogens (tertiary/aromatic N) is 2. The van der Waals surface area contributed by atoms with Gasteiger partial charge in [-0.2, -0.15) is 13.2 Å². The van der Waals surface area contributed by atoms with Crippen LogP contribution in [-0.4, -0.2) is 33.5 Å². The Morgan fingerprint density at radius 2 is 2.12 bits per heavy atom. The zero-order valence-corrected chi connectivity index (χ0v) is 13.9. The van der Waals surface area contributed by atoms with E-state index in [0.29, 0.717) is 10.9 Å². The van der Waals surface area contributed by atoms with Gasteiger partial charge in [0.15, 0.2) is 17.6 Å². The number of amides is 1. The molecule has 1 atom stereocenters. The Balaban J connectivity index is 1.92. The maximum Gasteiger partial charge on any atom is 0.416 e. The number of hydrogen-bond donors (Lipinski definition) is 1. The number of halogens is 3. The van der Waals surface area contributed by atoms with Gasteiger partial charge < -0.3 is 14.3 Å². The molecule has 8 heteroatoms. The summed E-state index contributed by atoms with van der Waals surface area (Å²) in [6.07, 6.45) is -2.15. The van der Waals surface area contributed by atoms with Crippen LogP contribution in [0.4, 0.5) is 13.2 Å². The van der Waals surface area contributed by atoms with Crippen LogP contribution >= 0.6 is 0 Å². The number of oxazole rings is 1. The molecule has 0 saturated carbocycles. The summed E-state index contributed by atoms with van der Waals surface area (Å²) in [6, 6.07) is 6.79. The van der Waals surface area contributed by atoms with Gasteiger partial charge in [-0.3, -0.25) is 4.79 Å². The fourth-order valence-electron chi connectivity index (χ4n) is 3.87. The van der Waals surface area contributed by atoms with Gasteiger partial charge in [-0.15, -0.1) is 0 Å². The van der Waals surface area contributed by atoms with Crippen LogP contribution in [0.2, 0.25) is 0 Å². The van der Waals surface area contributed by atoms with E-state index >= 15 is 0 Å². The number of hydrogen-bond acceptors (Lipinski definition) is 3. The van der Waals surface area contributed by atoms with Crippen molar-refractivity contribution < 1.29 is 22.4 Å². The SMILES string of the molecule is Cc1ocnc1C(=O)N1CCCC1(c1c[nH]c2ccccc12)C(F)(F)F. The monoisotopic (exact) mass is 363 g/mol. The van der Waals surface area contributed by atoms with Gasteiger partial charge in [-0.05, 0) is 25.8 Å². The number of benzene rings is 1. The third-order valence-electron chi connectivity index (χ3n) is 5.08. The molecule has 136 valence electrons. The van der Waals surface area contributed by atoms with Crippen molar-refractivity contribution in [3.63, 3.8) is 0 Å². The molecule has 1 saturated heterocycles. The summed E-state index contributed by atoms with van der Waals surface area (Å²) in [7, 11) is 0. The van der Waals surface area contributed by atoms with E-state index in [0.717, 1.165) is 11.3 Å². The van der Waals surface area contributed by atoms with Crippen LogP contribution in [0.5, 0.6) is 0 Å². The second-order valence-electron chi connectivity index (χ2n) is 6.42. The van der Waals surface area contributed by atoms with Crippen LogP contribution in [0.25, 0.3) is 10.9 Å². The summed E-state index contributed by atoms with van der Waals surface area (Å²) in [5, 5.41) is 0.460. The minimum atomic E-state index is -4.64. The first-order chi connectivity index (χ1) is 12.4. The number of likely N-dealkylation sites (tertiary alicyclic amines) is 1. The van der Waals surface area contributed by atoms with Gasteiger partial charge in [0.05, 0.1) is 0 Å². The summed E-state index contributed by atoms with van der Waals surface area (Å²) >= 11 is 0. The van der Waals surface area contributed by atoms with Crippen molar-refractivity contribution in [3.8, 4) is 0 Å². The van der Waals surface area contributed by atoms with Crippen LogP contribution in [-0.2, 0) is 5.54 Å². The minimum Gasteiger partial charge on any atom is -0.448 e. The molecule has 1 N–H and O–H groups in total. The fraction of sp³-hybridized carbons (Fsp3) is 0.333. The van der Waals surface area contributed by atoms with E-state index in [9.17, 15) is 18.0 Å².